The van der Waals surface area contributed by atoms with Crippen LogP contribution in [0.4, 0.5) is 0 Å². The van der Waals surface area contributed by atoms with Crippen molar-refractivity contribution in [3.05, 3.63) is 0 Å². The van der Waals surface area contributed by atoms with Crippen LogP contribution in [0.2, 0.25) is 0 Å². The first-order valence-corrected chi connectivity index (χ1v) is 9.66. The van der Waals surface area contributed by atoms with Crippen molar-refractivity contribution in [3.63, 3.8) is 0 Å². The van der Waals surface area contributed by atoms with Crippen LogP contribution in [-0.4, -0.2) is 108 Å². The van der Waals surface area contributed by atoms with Crippen molar-refractivity contribution < 1.29 is 58.9 Å². The van der Waals surface area contributed by atoms with Crippen molar-refractivity contribution in [2.75, 3.05) is 46.2 Å². The molecule has 0 rings (SSSR count). The number of hydrogen-bond acceptors (Lipinski definition) is 13. The van der Waals surface area contributed by atoms with E-state index >= 15 is 0 Å². The molecule has 0 aliphatic heterocycles. The number of carbonyl (C=O) groups is 4. The first kappa shape index (κ1) is 37.2. The van der Waals surface area contributed by atoms with Gasteiger partial charge in [0.15, 0.2) is 6.10 Å². The largest absolute Gasteiger partial charge is 0.462 e. The van der Waals surface area contributed by atoms with E-state index in [-0.39, 0.29) is 45.4 Å². The van der Waals surface area contributed by atoms with Crippen LogP contribution in [0.15, 0.2) is 0 Å². The molecule has 0 aliphatic rings. The van der Waals surface area contributed by atoms with Crippen LogP contribution in [0.25, 0.3) is 0 Å². The molecule has 0 heterocycles. The van der Waals surface area contributed by atoms with Crippen molar-refractivity contribution in [3.8, 4) is 0 Å². The van der Waals surface area contributed by atoms with Gasteiger partial charge in [0.1, 0.15) is 25.1 Å². The monoisotopic (exact) mass is 473 g/mol. The summed E-state index contributed by atoms with van der Waals surface area (Å²) in [5, 5.41) is 39.9. The molecule has 0 bridgehead atoms. The summed E-state index contributed by atoms with van der Waals surface area (Å²) in [4.78, 5) is 41.7. The fraction of sp³-hybridized carbons (Fsp3) is 0.789. The Morgan fingerprint density at radius 1 is 0.781 bits per heavy atom. The van der Waals surface area contributed by atoms with Crippen molar-refractivity contribution in [2.24, 2.45) is 5.73 Å². The number of esters is 3. The molecule has 192 valence electrons. The van der Waals surface area contributed by atoms with E-state index in [2.05, 4.69) is 9.47 Å². The zero-order valence-electron chi connectivity index (χ0n) is 19.2. The van der Waals surface area contributed by atoms with Gasteiger partial charge in [0.25, 0.3) is 0 Å². The van der Waals surface area contributed by atoms with Crippen LogP contribution in [0.3, 0.4) is 0 Å². The Bertz CT molecular complexity index is 449. The van der Waals surface area contributed by atoms with Gasteiger partial charge in [-0.2, -0.15) is 0 Å². The molecule has 13 nitrogen and oxygen atoms in total. The number of rotatable bonds is 11. The van der Waals surface area contributed by atoms with E-state index in [1.807, 2.05) is 0 Å². The Balaban J connectivity index is -0.000000191. The van der Waals surface area contributed by atoms with Gasteiger partial charge in [0.2, 0.25) is 0 Å². The smallest absolute Gasteiger partial charge is 0.303 e. The molecule has 0 fully saturated rings. The lowest BCUT2D eigenvalue weighted by Gasteiger charge is -2.15. The number of aliphatic hydroxyl groups is 5. The molecule has 0 saturated carbocycles. The van der Waals surface area contributed by atoms with Crippen LogP contribution >= 0.6 is 0 Å². The third-order valence-electron chi connectivity index (χ3n) is 2.52. The summed E-state index contributed by atoms with van der Waals surface area (Å²) in [5.74, 6) is -1.36. The molecule has 0 saturated heterocycles. The maximum Gasteiger partial charge on any atom is 0.303 e. The molecule has 0 radical (unpaired) electrons. The van der Waals surface area contributed by atoms with Gasteiger partial charge in [-0.1, -0.05) is 0 Å². The molecule has 7 N–H and O–H groups in total. The third-order valence-corrected chi connectivity index (χ3v) is 2.52. The highest BCUT2D eigenvalue weighted by Gasteiger charge is 2.15. The Kier molecular flexibility index (Phi) is 33.5. The summed E-state index contributed by atoms with van der Waals surface area (Å²) in [6.07, 6.45) is -0.591. The summed E-state index contributed by atoms with van der Waals surface area (Å²) in [6.45, 7) is 4.83. The molecule has 0 amide bonds. The van der Waals surface area contributed by atoms with Crippen molar-refractivity contribution >= 4 is 23.7 Å². The average molecular weight is 474 g/mol. The second kappa shape index (κ2) is 28.8. The Labute approximate surface area is 188 Å². The normalized spacial score (nSPS) is 9.25. The van der Waals surface area contributed by atoms with E-state index in [1.165, 1.54) is 27.7 Å². The molecule has 0 unspecified atom stereocenters. The zero-order chi connectivity index (χ0) is 25.9. The molecule has 13 heteroatoms. The molecule has 32 heavy (non-hydrogen) atoms. The lowest BCUT2D eigenvalue weighted by Crippen LogP contribution is -2.29. The van der Waals surface area contributed by atoms with Crippen LogP contribution in [0, 0.1) is 0 Å². The summed E-state index contributed by atoms with van der Waals surface area (Å²) in [6, 6.07) is 0. The van der Waals surface area contributed by atoms with Crippen molar-refractivity contribution in [1.82, 2.24) is 0 Å². The van der Waals surface area contributed by atoms with E-state index in [9.17, 15) is 19.2 Å². The van der Waals surface area contributed by atoms with Crippen LogP contribution in [-0.2, 0) is 33.4 Å². The van der Waals surface area contributed by atoms with Crippen molar-refractivity contribution in [2.45, 2.75) is 52.7 Å². The summed E-state index contributed by atoms with van der Waals surface area (Å²) in [7, 11) is 0. The van der Waals surface area contributed by atoms with Gasteiger partial charge in [-0.3, -0.25) is 14.4 Å². The highest BCUT2D eigenvalue weighted by atomic mass is 16.6. The molecule has 0 aromatic heterocycles. The number of ether oxygens (including phenoxy) is 3. The van der Waals surface area contributed by atoms with Gasteiger partial charge in [-0.15, -0.1) is 0 Å². The quantitative estimate of drug-likeness (QED) is 0.137. The van der Waals surface area contributed by atoms with Gasteiger partial charge >= 0.3 is 17.9 Å². The van der Waals surface area contributed by atoms with Gasteiger partial charge < -0.3 is 50.3 Å². The summed E-state index contributed by atoms with van der Waals surface area (Å²) >= 11 is 0. The highest BCUT2D eigenvalue weighted by molar-refractivity contribution is 5.75. The van der Waals surface area contributed by atoms with Gasteiger partial charge in [-0.25, -0.2) is 0 Å². The molecular weight excluding hydrogens is 434 g/mol. The molecule has 0 aromatic rings. The fourth-order valence-corrected chi connectivity index (χ4v) is 1.16. The molecule has 0 aliphatic carbocycles. The minimum Gasteiger partial charge on any atom is -0.462 e. The highest BCUT2D eigenvalue weighted by Crippen LogP contribution is 1.97. The number of hydrogen-bond donors (Lipinski definition) is 6. The number of nitrogens with two attached hydrogens (primary N) is 1. The van der Waals surface area contributed by atoms with Gasteiger partial charge in [-0.05, 0) is 13.3 Å². The predicted molar refractivity (Wildman–Crippen MR) is 112 cm³/mol. The van der Waals surface area contributed by atoms with Crippen molar-refractivity contribution in [1.29, 1.82) is 0 Å². The van der Waals surface area contributed by atoms with E-state index in [4.69, 9.17) is 36.0 Å². The summed E-state index contributed by atoms with van der Waals surface area (Å²) < 4.78 is 14.0. The van der Waals surface area contributed by atoms with E-state index in [0.717, 1.165) is 0 Å². The van der Waals surface area contributed by atoms with E-state index in [1.54, 1.807) is 0 Å². The number of aliphatic hydroxyl groups excluding tert-OH is 5. The Hall–Kier alpha value is -2.16. The van der Waals surface area contributed by atoms with Crippen LogP contribution in [0.1, 0.15) is 40.5 Å². The minimum atomic E-state index is -0.954. The first-order valence-electron chi connectivity index (χ1n) is 9.66. The molecule has 0 spiro atoms. The SMILES string of the molecule is CC(=O)CCCO.CC(=O)OCC(COC(C)=O)OC(C)=O.NCCO.OCC(O)CO. The molecule has 0 atom stereocenters. The maximum absolute atomic E-state index is 10.6. The van der Waals surface area contributed by atoms with E-state index < -0.39 is 30.1 Å². The topological polar surface area (TPSA) is 223 Å². The second-order valence-electron chi connectivity index (χ2n) is 5.90. The predicted octanol–water partition coefficient (Wildman–Crippen LogP) is -2.34. The minimum absolute atomic E-state index is 0.0972. The lowest BCUT2D eigenvalue weighted by molar-refractivity contribution is -0.163. The molecular formula is C19H39NO12. The Morgan fingerprint density at radius 2 is 1.19 bits per heavy atom. The number of Topliss-reactive ketones (excluding diaryl/α,β-unsaturated/α-hetero) is 1. The fourth-order valence-electron chi connectivity index (χ4n) is 1.16. The van der Waals surface area contributed by atoms with Crippen LogP contribution in [0.5, 0.6) is 0 Å². The lowest BCUT2D eigenvalue weighted by atomic mass is 10.2. The zero-order valence-corrected chi connectivity index (χ0v) is 19.2. The maximum atomic E-state index is 10.6. The number of ketones is 1. The van der Waals surface area contributed by atoms with Gasteiger partial charge in [0, 0.05) is 40.3 Å². The first-order chi connectivity index (χ1) is 14.9. The van der Waals surface area contributed by atoms with Crippen LogP contribution < -0.4 is 5.73 Å². The Morgan fingerprint density at radius 3 is 1.34 bits per heavy atom. The standard InChI is InChI=1S/C9H14O6.C5H10O2.C3H8O3.C2H7NO/c1-6(10)13-4-9(15-8(3)12)5-14-7(2)11;1-5(7)3-2-4-6;4-1-3(6)2-5;3-1-2-4/h9H,4-5H2,1-3H3;6H,2-4H2,1H3;3-6H,1-2H2;4H,1-3H2. The number of carbonyl (C=O) groups excluding carboxylic acids is 4. The second-order valence-corrected chi connectivity index (χ2v) is 5.90. The van der Waals surface area contributed by atoms with E-state index in [0.29, 0.717) is 19.4 Å². The third kappa shape index (κ3) is 46.2. The molecule has 0 aromatic carbocycles. The summed E-state index contributed by atoms with van der Waals surface area (Å²) in [5.41, 5.74) is 4.78. The van der Waals surface area contributed by atoms with Gasteiger partial charge in [0.05, 0.1) is 19.8 Å². The average Bonchev–Trinajstić information content (AvgIpc) is 2.74.